The molecule has 1 aliphatic carbocycles. The van der Waals surface area contributed by atoms with Crippen LogP contribution in [0.2, 0.25) is 0 Å². The van der Waals surface area contributed by atoms with Gasteiger partial charge in [0, 0.05) is 12.5 Å². The molecule has 0 aromatic heterocycles. The van der Waals surface area contributed by atoms with Crippen LogP contribution in [0.3, 0.4) is 0 Å². The third-order valence-corrected chi connectivity index (χ3v) is 4.05. The van der Waals surface area contributed by atoms with Gasteiger partial charge >= 0.3 is 0 Å². The first-order valence-corrected chi connectivity index (χ1v) is 7.34. The molecular formula is C16H23NO3. The summed E-state index contributed by atoms with van der Waals surface area (Å²) in [6.45, 7) is 0.491. The molecule has 0 atom stereocenters. The maximum atomic E-state index is 11.9. The van der Waals surface area contributed by atoms with E-state index in [2.05, 4.69) is 5.32 Å². The van der Waals surface area contributed by atoms with Crippen LogP contribution in [0.15, 0.2) is 18.2 Å². The summed E-state index contributed by atoms with van der Waals surface area (Å²) in [5, 5.41) is 21.4. The van der Waals surface area contributed by atoms with E-state index in [1.54, 1.807) is 0 Å². The highest BCUT2D eigenvalue weighted by Gasteiger charge is 2.21. The smallest absolute Gasteiger partial charge is 0.223 e. The summed E-state index contributed by atoms with van der Waals surface area (Å²) in [7, 11) is 0. The quantitative estimate of drug-likeness (QED) is 0.738. The highest BCUT2D eigenvalue weighted by atomic mass is 16.3. The highest BCUT2D eigenvalue weighted by molar-refractivity contribution is 5.78. The molecule has 0 spiro atoms. The minimum atomic E-state index is -0.0713. The molecule has 0 heterocycles. The van der Waals surface area contributed by atoms with Crippen LogP contribution < -0.4 is 5.32 Å². The summed E-state index contributed by atoms with van der Waals surface area (Å²) in [6, 6.07) is 5.67. The van der Waals surface area contributed by atoms with E-state index in [4.69, 9.17) is 5.11 Å². The van der Waals surface area contributed by atoms with Crippen LogP contribution in [0.4, 0.5) is 0 Å². The van der Waals surface area contributed by atoms with E-state index < -0.39 is 0 Å². The average molecular weight is 277 g/mol. The number of hydrogen-bond acceptors (Lipinski definition) is 3. The zero-order valence-electron chi connectivity index (χ0n) is 11.8. The Hall–Kier alpha value is -1.39. The Balaban J connectivity index is 1.83. The fourth-order valence-electron chi connectivity index (χ4n) is 2.80. The van der Waals surface area contributed by atoms with Gasteiger partial charge in [0.2, 0.25) is 5.91 Å². The second-order valence-corrected chi connectivity index (χ2v) is 5.44. The molecule has 2 rings (SSSR count). The lowest BCUT2D eigenvalue weighted by molar-refractivity contribution is -0.124. The van der Waals surface area contributed by atoms with Crippen LogP contribution in [-0.2, 0) is 24.4 Å². The molecule has 1 fully saturated rings. The molecule has 1 aromatic rings. The Kier molecular flexibility index (Phi) is 5.56. The van der Waals surface area contributed by atoms with Crippen LogP contribution in [0, 0.1) is 5.92 Å². The zero-order valence-corrected chi connectivity index (χ0v) is 11.8. The average Bonchev–Trinajstić information content (AvgIpc) is 3.01. The Labute approximate surface area is 119 Å². The summed E-state index contributed by atoms with van der Waals surface area (Å²) in [6.07, 6.45) is 5.12. The van der Waals surface area contributed by atoms with Gasteiger partial charge in [-0.2, -0.15) is 0 Å². The van der Waals surface area contributed by atoms with Crippen molar-refractivity contribution in [2.24, 2.45) is 5.92 Å². The minimum absolute atomic E-state index is 0.0609. The maximum Gasteiger partial charge on any atom is 0.223 e. The molecule has 4 nitrogen and oxygen atoms in total. The van der Waals surface area contributed by atoms with Crippen LogP contribution >= 0.6 is 0 Å². The first-order chi connectivity index (χ1) is 9.74. The largest absolute Gasteiger partial charge is 0.392 e. The number of rotatable bonds is 6. The second kappa shape index (κ2) is 7.41. The Morgan fingerprint density at radius 1 is 1.15 bits per heavy atom. The summed E-state index contributed by atoms with van der Waals surface area (Å²) in [5.74, 6) is 0.386. The minimum Gasteiger partial charge on any atom is -0.392 e. The Bertz CT molecular complexity index is 453. The van der Waals surface area contributed by atoms with E-state index in [-0.39, 0.29) is 25.0 Å². The van der Waals surface area contributed by atoms with Gasteiger partial charge in [0.25, 0.3) is 0 Å². The number of aliphatic hydroxyl groups excluding tert-OH is 2. The number of benzene rings is 1. The Morgan fingerprint density at radius 3 is 2.50 bits per heavy atom. The van der Waals surface area contributed by atoms with Crippen molar-refractivity contribution in [1.29, 1.82) is 0 Å². The molecule has 1 aliphatic rings. The summed E-state index contributed by atoms with van der Waals surface area (Å²) >= 11 is 0. The van der Waals surface area contributed by atoms with Gasteiger partial charge in [0.1, 0.15) is 0 Å². The lowest BCUT2D eigenvalue weighted by atomic mass is 10.0. The molecule has 0 bridgehead atoms. The van der Waals surface area contributed by atoms with Gasteiger partial charge in [-0.25, -0.2) is 0 Å². The molecule has 110 valence electrons. The highest BCUT2D eigenvalue weighted by Crippen LogP contribution is 2.24. The maximum absolute atomic E-state index is 11.9. The van der Waals surface area contributed by atoms with Crippen molar-refractivity contribution >= 4 is 5.91 Å². The van der Waals surface area contributed by atoms with E-state index >= 15 is 0 Å². The molecule has 3 N–H and O–H groups in total. The van der Waals surface area contributed by atoms with Gasteiger partial charge in [-0.05, 0) is 36.0 Å². The van der Waals surface area contributed by atoms with Crippen molar-refractivity contribution in [2.45, 2.75) is 45.3 Å². The van der Waals surface area contributed by atoms with E-state index in [1.165, 1.54) is 12.8 Å². The second-order valence-electron chi connectivity index (χ2n) is 5.44. The van der Waals surface area contributed by atoms with Crippen molar-refractivity contribution in [1.82, 2.24) is 5.32 Å². The van der Waals surface area contributed by atoms with Crippen molar-refractivity contribution in [3.05, 3.63) is 34.9 Å². The summed E-state index contributed by atoms with van der Waals surface area (Å²) < 4.78 is 0. The monoisotopic (exact) mass is 277 g/mol. The lowest BCUT2D eigenvalue weighted by Gasteiger charge is -2.11. The normalized spacial score (nSPS) is 15.5. The molecule has 0 saturated heterocycles. The van der Waals surface area contributed by atoms with Crippen LogP contribution in [0.25, 0.3) is 0 Å². The molecule has 0 unspecified atom stereocenters. The number of amides is 1. The van der Waals surface area contributed by atoms with E-state index in [0.717, 1.165) is 36.0 Å². The number of nitrogens with one attached hydrogen (secondary N) is 1. The van der Waals surface area contributed by atoms with Gasteiger partial charge in [-0.15, -0.1) is 0 Å². The molecular weight excluding hydrogens is 254 g/mol. The lowest BCUT2D eigenvalue weighted by Crippen LogP contribution is -2.30. The molecule has 20 heavy (non-hydrogen) atoms. The van der Waals surface area contributed by atoms with Crippen LogP contribution in [-0.4, -0.2) is 22.7 Å². The molecule has 1 amide bonds. The zero-order chi connectivity index (χ0) is 14.4. The molecule has 4 heteroatoms. The summed E-state index contributed by atoms with van der Waals surface area (Å²) in [4.78, 5) is 11.9. The third-order valence-electron chi connectivity index (χ3n) is 4.05. The van der Waals surface area contributed by atoms with Gasteiger partial charge in [-0.1, -0.05) is 31.0 Å². The van der Waals surface area contributed by atoms with Crippen molar-refractivity contribution < 1.29 is 15.0 Å². The molecule has 0 radical (unpaired) electrons. The van der Waals surface area contributed by atoms with Crippen LogP contribution in [0.1, 0.15) is 42.4 Å². The summed E-state index contributed by atoms with van der Waals surface area (Å²) in [5.41, 5.74) is 2.58. The van der Waals surface area contributed by atoms with Crippen LogP contribution in [0.5, 0.6) is 0 Å². The number of hydrogen-bond donors (Lipinski definition) is 3. The first-order valence-electron chi connectivity index (χ1n) is 7.34. The standard InChI is InChI=1S/C16H23NO3/c18-10-14-6-5-12(9-15(14)11-19)7-8-17-16(20)13-3-1-2-4-13/h5-6,9,13,18-19H,1-4,7-8,10-11H2,(H,17,20). The van der Waals surface area contributed by atoms with E-state index in [9.17, 15) is 9.90 Å². The van der Waals surface area contributed by atoms with Crippen molar-refractivity contribution in [2.75, 3.05) is 6.54 Å². The molecule has 1 aromatic carbocycles. The SMILES string of the molecule is O=C(NCCc1ccc(CO)c(CO)c1)C1CCCC1. The van der Waals surface area contributed by atoms with E-state index in [1.807, 2.05) is 18.2 Å². The predicted octanol–water partition coefficient (Wildman–Crippen LogP) is 1.52. The third kappa shape index (κ3) is 3.81. The van der Waals surface area contributed by atoms with Gasteiger partial charge in [0.05, 0.1) is 13.2 Å². The van der Waals surface area contributed by atoms with Crippen molar-refractivity contribution in [3.8, 4) is 0 Å². The fraction of sp³-hybridized carbons (Fsp3) is 0.562. The number of carbonyl (C=O) groups excluding carboxylic acids is 1. The van der Waals surface area contributed by atoms with Gasteiger partial charge < -0.3 is 15.5 Å². The van der Waals surface area contributed by atoms with Gasteiger partial charge in [0.15, 0.2) is 0 Å². The predicted molar refractivity (Wildman–Crippen MR) is 77.0 cm³/mol. The number of aliphatic hydroxyl groups is 2. The fourth-order valence-corrected chi connectivity index (χ4v) is 2.80. The van der Waals surface area contributed by atoms with Crippen molar-refractivity contribution in [3.63, 3.8) is 0 Å². The first kappa shape index (κ1) is 15.0. The molecule has 0 aliphatic heterocycles. The number of carbonyl (C=O) groups is 1. The van der Waals surface area contributed by atoms with E-state index in [0.29, 0.717) is 6.54 Å². The van der Waals surface area contributed by atoms with Gasteiger partial charge in [-0.3, -0.25) is 4.79 Å². The topological polar surface area (TPSA) is 69.6 Å². The Morgan fingerprint density at radius 2 is 1.85 bits per heavy atom. The molecule has 1 saturated carbocycles.